The van der Waals surface area contributed by atoms with Crippen LogP contribution in [0.5, 0.6) is 0 Å². The van der Waals surface area contributed by atoms with E-state index < -0.39 is 0 Å². The Kier molecular flexibility index (Phi) is 6.76. The van der Waals surface area contributed by atoms with Crippen LogP contribution in [-0.4, -0.2) is 14.9 Å². The highest BCUT2D eigenvalue weighted by molar-refractivity contribution is 7.80. The first kappa shape index (κ1) is 16.4. The number of nitrogens with zero attached hydrogens (tertiary/aromatic N) is 2. The second kappa shape index (κ2) is 7.83. The van der Waals surface area contributed by atoms with Crippen molar-refractivity contribution in [3.63, 3.8) is 0 Å². The van der Waals surface area contributed by atoms with Crippen molar-refractivity contribution in [2.45, 2.75) is 66.0 Å². The zero-order chi connectivity index (χ0) is 14.3. The van der Waals surface area contributed by atoms with E-state index in [9.17, 15) is 4.79 Å². The molecule has 19 heavy (non-hydrogen) atoms. The van der Waals surface area contributed by atoms with Gasteiger partial charge in [0.25, 0.3) is 0 Å². The highest BCUT2D eigenvalue weighted by Crippen LogP contribution is 2.32. The predicted molar refractivity (Wildman–Crippen MR) is 85.1 cm³/mol. The Labute approximate surface area is 122 Å². The van der Waals surface area contributed by atoms with Crippen LogP contribution in [0.25, 0.3) is 0 Å². The maximum absolute atomic E-state index is 12.3. The lowest BCUT2D eigenvalue weighted by atomic mass is 9.81. The van der Waals surface area contributed by atoms with Crippen LogP contribution in [0.4, 0.5) is 0 Å². The summed E-state index contributed by atoms with van der Waals surface area (Å²) in [5.41, 5.74) is 0.287. The Morgan fingerprint density at radius 1 is 1.05 bits per heavy atom. The molecule has 0 radical (unpaired) electrons. The molecule has 1 aromatic rings. The van der Waals surface area contributed by atoms with Crippen LogP contribution in [0.3, 0.4) is 0 Å². The standard InChI is InChI=1S/C15H28N2OS/c1-4-7-15(13-19,8-5-2)12-17-11-10-16(9-6-3)14(17)18/h10-11,19H,4-9,12-13H2,1-3H3. The number of aryl methyl sites for hydroxylation is 1. The van der Waals surface area contributed by atoms with Gasteiger partial charge in [-0.1, -0.05) is 33.6 Å². The maximum atomic E-state index is 12.3. The zero-order valence-corrected chi connectivity index (χ0v) is 13.5. The molecule has 0 fully saturated rings. The van der Waals surface area contributed by atoms with Crippen molar-refractivity contribution in [1.29, 1.82) is 0 Å². The monoisotopic (exact) mass is 284 g/mol. The summed E-state index contributed by atoms with van der Waals surface area (Å²) in [5.74, 6) is 0.847. The van der Waals surface area contributed by atoms with E-state index in [1.54, 1.807) is 4.57 Å². The average Bonchev–Trinajstić information content (AvgIpc) is 2.72. The van der Waals surface area contributed by atoms with Crippen molar-refractivity contribution in [2.24, 2.45) is 5.41 Å². The third kappa shape index (κ3) is 4.16. The lowest BCUT2D eigenvalue weighted by molar-refractivity contribution is 0.228. The molecule has 3 nitrogen and oxygen atoms in total. The molecule has 0 aliphatic carbocycles. The van der Waals surface area contributed by atoms with Gasteiger partial charge in [0.15, 0.2) is 0 Å². The van der Waals surface area contributed by atoms with Gasteiger partial charge in [0.05, 0.1) is 0 Å². The lowest BCUT2D eigenvalue weighted by Gasteiger charge is -2.32. The maximum Gasteiger partial charge on any atom is 0.328 e. The summed E-state index contributed by atoms with van der Waals surface area (Å²) < 4.78 is 3.68. The van der Waals surface area contributed by atoms with Gasteiger partial charge in [-0.2, -0.15) is 12.6 Å². The molecule has 110 valence electrons. The molecule has 0 saturated carbocycles. The number of hydrogen-bond acceptors (Lipinski definition) is 2. The quantitative estimate of drug-likeness (QED) is 0.689. The summed E-state index contributed by atoms with van der Waals surface area (Å²) in [6.45, 7) is 8.11. The number of hydrogen-bond donors (Lipinski definition) is 1. The molecule has 0 spiro atoms. The van der Waals surface area contributed by atoms with Crippen LogP contribution >= 0.6 is 12.6 Å². The van der Waals surface area contributed by atoms with Crippen molar-refractivity contribution < 1.29 is 0 Å². The highest BCUT2D eigenvalue weighted by atomic mass is 32.1. The van der Waals surface area contributed by atoms with E-state index in [1.807, 2.05) is 17.0 Å². The minimum absolute atomic E-state index is 0.125. The van der Waals surface area contributed by atoms with Crippen LogP contribution in [0.15, 0.2) is 17.2 Å². The zero-order valence-electron chi connectivity index (χ0n) is 12.6. The summed E-state index contributed by atoms with van der Waals surface area (Å²) in [5, 5.41) is 0. The normalized spacial score (nSPS) is 12.0. The van der Waals surface area contributed by atoms with Crippen molar-refractivity contribution >= 4 is 12.6 Å². The Balaban J connectivity index is 2.92. The Morgan fingerprint density at radius 3 is 2.11 bits per heavy atom. The third-order valence-electron chi connectivity index (χ3n) is 3.78. The smallest absolute Gasteiger partial charge is 0.299 e. The molecule has 0 amide bonds. The summed E-state index contributed by atoms with van der Waals surface area (Å²) in [4.78, 5) is 12.3. The van der Waals surface area contributed by atoms with Crippen LogP contribution in [0, 0.1) is 5.41 Å². The Morgan fingerprint density at radius 2 is 1.63 bits per heavy atom. The molecule has 1 rings (SSSR count). The molecule has 0 N–H and O–H groups in total. The molecule has 1 aromatic heterocycles. The molecular weight excluding hydrogens is 256 g/mol. The molecule has 0 aliphatic rings. The molecule has 0 saturated heterocycles. The van der Waals surface area contributed by atoms with Crippen molar-refractivity contribution in [3.8, 4) is 0 Å². The second-order valence-corrected chi connectivity index (χ2v) is 5.88. The average molecular weight is 284 g/mol. The van der Waals surface area contributed by atoms with Gasteiger partial charge in [0.1, 0.15) is 0 Å². The number of thiol groups is 1. The van der Waals surface area contributed by atoms with E-state index in [-0.39, 0.29) is 11.1 Å². The van der Waals surface area contributed by atoms with E-state index in [4.69, 9.17) is 0 Å². The molecule has 0 atom stereocenters. The van der Waals surface area contributed by atoms with E-state index >= 15 is 0 Å². The fraction of sp³-hybridized carbons (Fsp3) is 0.800. The van der Waals surface area contributed by atoms with Gasteiger partial charge in [0, 0.05) is 25.5 Å². The molecule has 0 aromatic carbocycles. The molecule has 0 bridgehead atoms. The van der Waals surface area contributed by atoms with E-state index in [0.29, 0.717) is 0 Å². The molecule has 0 aliphatic heterocycles. The van der Waals surface area contributed by atoms with Gasteiger partial charge in [-0.3, -0.25) is 9.13 Å². The second-order valence-electron chi connectivity index (χ2n) is 5.56. The van der Waals surface area contributed by atoms with Gasteiger partial charge < -0.3 is 0 Å². The summed E-state index contributed by atoms with van der Waals surface area (Å²) in [6.07, 6.45) is 9.39. The predicted octanol–water partition coefficient (Wildman–Crippen LogP) is 3.58. The van der Waals surface area contributed by atoms with Crippen LogP contribution in [0.1, 0.15) is 52.9 Å². The van der Waals surface area contributed by atoms with Crippen LogP contribution in [0.2, 0.25) is 0 Å². The van der Waals surface area contributed by atoms with Crippen molar-refractivity contribution in [1.82, 2.24) is 9.13 Å². The molecular formula is C15H28N2OS. The first-order valence-electron chi connectivity index (χ1n) is 7.49. The van der Waals surface area contributed by atoms with Gasteiger partial charge in [0.2, 0.25) is 0 Å². The number of rotatable bonds is 9. The summed E-state index contributed by atoms with van der Waals surface area (Å²) in [7, 11) is 0. The van der Waals surface area contributed by atoms with Gasteiger partial charge in [-0.15, -0.1) is 0 Å². The first-order valence-corrected chi connectivity index (χ1v) is 8.12. The van der Waals surface area contributed by atoms with Crippen LogP contribution in [-0.2, 0) is 13.1 Å². The topological polar surface area (TPSA) is 26.9 Å². The summed E-state index contributed by atoms with van der Waals surface area (Å²) >= 11 is 4.56. The molecule has 1 heterocycles. The van der Waals surface area contributed by atoms with E-state index in [1.165, 1.54) is 0 Å². The highest BCUT2D eigenvalue weighted by Gasteiger charge is 2.28. The SMILES string of the molecule is CCCn1ccn(CC(CS)(CCC)CCC)c1=O. The fourth-order valence-corrected chi connectivity index (χ4v) is 3.31. The minimum atomic E-state index is 0.125. The fourth-order valence-electron chi connectivity index (χ4n) is 2.90. The van der Waals surface area contributed by atoms with Gasteiger partial charge in [-0.05, 0) is 30.4 Å². The van der Waals surface area contributed by atoms with Crippen molar-refractivity contribution in [3.05, 3.63) is 22.9 Å². The van der Waals surface area contributed by atoms with Gasteiger partial charge in [-0.25, -0.2) is 4.79 Å². The summed E-state index contributed by atoms with van der Waals surface area (Å²) in [6, 6.07) is 0. The Hall–Kier alpha value is -0.640. The number of aromatic nitrogens is 2. The third-order valence-corrected chi connectivity index (χ3v) is 4.46. The van der Waals surface area contributed by atoms with Crippen molar-refractivity contribution in [2.75, 3.05) is 5.75 Å². The van der Waals surface area contributed by atoms with Gasteiger partial charge >= 0.3 is 5.69 Å². The number of imidazole rings is 1. The lowest BCUT2D eigenvalue weighted by Crippen LogP contribution is -2.34. The van der Waals surface area contributed by atoms with E-state index in [0.717, 1.165) is 50.9 Å². The first-order chi connectivity index (χ1) is 9.12. The minimum Gasteiger partial charge on any atom is -0.299 e. The Bertz CT molecular complexity index is 416. The van der Waals surface area contributed by atoms with E-state index in [2.05, 4.69) is 33.4 Å². The largest absolute Gasteiger partial charge is 0.328 e. The molecule has 4 heteroatoms. The molecule has 0 unspecified atom stereocenters. The van der Waals surface area contributed by atoms with Crippen LogP contribution < -0.4 is 5.69 Å².